The first-order chi connectivity index (χ1) is 7.38. The molecule has 0 radical (unpaired) electrons. The summed E-state index contributed by atoms with van der Waals surface area (Å²) in [6.45, 7) is -2.34. The Bertz CT molecular complexity index is 277. The van der Waals surface area contributed by atoms with Crippen LogP contribution in [0, 0.1) is 0 Å². The molecule has 12 heteroatoms. The van der Waals surface area contributed by atoms with Crippen LogP contribution in [0.15, 0.2) is 0 Å². The van der Waals surface area contributed by atoms with Gasteiger partial charge in [-0.3, -0.25) is 4.90 Å². The smallest absolute Gasteiger partial charge is 0.549 e. The van der Waals surface area contributed by atoms with Gasteiger partial charge in [0.2, 0.25) is 0 Å². The molecule has 1 unspecified atom stereocenters. The number of nitrogens with zero attached hydrogens (tertiary/aromatic N) is 1. The van der Waals surface area contributed by atoms with Gasteiger partial charge in [0.25, 0.3) is 0 Å². The standard InChI is InChI=1S/C8H13NO7.H3N.3Na/c10-2-1-5(8(15)16)9(3-6(11)12)4-7(13)14;;;;/h5,10H,1-4H2,(H,11,12)(H,13,14)(H,15,16);1H3;;;/q;;3*+1/p-3. The van der Waals surface area contributed by atoms with Gasteiger partial charge < -0.3 is 41.0 Å². The number of carboxylic acids is 3. The summed E-state index contributed by atoms with van der Waals surface area (Å²) in [6, 6.07) is -1.51. The minimum absolute atomic E-state index is 0. The van der Waals surface area contributed by atoms with Crippen molar-refractivity contribution in [1.82, 2.24) is 11.1 Å². The van der Waals surface area contributed by atoms with Gasteiger partial charge in [0.15, 0.2) is 0 Å². The van der Waals surface area contributed by atoms with E-state index in [2.05, 4.69) is 0 Å². The van der Waals surface area contributed by atoms with Gasteiger partial charge in [-0.05, 0) is 6.42 Å². The molecule has 0 amide bonds. The van der Waals surface area contributed by atoms with E-state index in [-0.39, 0.29) is 101 Å². The van der Waals surface area contributed by atoms with Crippen molar-refractivity contribution in [2.75, 3.05) is 19.7 Å². The Morgan fingerprint density at radius 3 is 1.50 bits per heavy atom. The summed E-state index contributed by atoms with van der Waals surface area (Å²) >= 11 is 0. The van der Waals surface area contributed by atoms with Crippen molar-refractivity contribution >= 4 is 17.9 Å². The predicted molar refractivity (Wildman–Crippen MR) is 47.1 cm³/mol. The van der Waals surface area contributed by atoms with Crippen LogP contribution in [0.25, 0.3) is 0 Å². The third-order valence-electron chi connectivity index (χ3n) is 1.78. The number of aliphatic carboxylic acids is 3. The maximum atomic E-state index is 10.6. The maximum Gasteiger partial charge on any atom is 1.00 e. The van der Waals surface area contributed by atoms with Gasteiger partial charge in [-0.15, -0.1) is 0 Å². The van der Waals surface area contributed by atoms with Crippen LogP contribution in [0.5, 0.6) is 0 Å². The Kier molecular flexibility index (Phi) is 30.3. The molecule has 0 heterocycles. The number of carbonyl (C=O) groups is 3. The van der Waals surface area contributed by atoms with E-state index in [1.54, 1.807) is 0 Å². The van der Waals surface area contributed by atoms with Gasteiger partial charge in [0, 0.05) is 19.7 Å². The molecule has 0 aliphatic carbocycles. The monoisotopic (exact) mass is 318 g/mol. The molecular weight excluding hydrogens is 305 g/mol. The van der Waals surface area contributed by atoms with E-state index in [9.17, 15) is 29.7 Å². The molecule has 0 saturated carbocycles. The molecule has 4 N–H and O–H groups in total. The fourth-order valence-corrected chi connectivity index (χ4v) is 1.18. The van der Waals surface area contributed by atoms with E-state index in [1.807, 2.05) is 0 Å². The van der Waals surface area contributed by atoms with Gasteiger partial charge in [0.1, 0.15) is 0 Å². The van der Waals surface area contributed by atoms with E-state index in [4.69, 9.17) is 5.11 Å². The van der Waals surface area contributed by atoms with E-state index in [0.29, 0.717) is 4.90 Å². The zero-order chi connectivity index (χ0) is 12.7. The van der Waals surface area contributed by atoms with E-state index >= 15 is 0 Å². The Morgan fingerprint density at radius 1 is 0.950 bits per heavy atom. The normalized spacial score (nSPS) is 9.90. The molecule has 0 aromatic rings. The van der Waals surface area contributed by atoms with Crippen molar-refractivity contribution in [3.05, 3.63) is 0 Å². The Balaban J connectivity index is -0.000000187. The fraction of sp³-hybridized carbons (Fsp3) is 0.625. The Labute approximate surface area is 182 Å². The molecule has 0 saturated heterocycles. The maximum absolute atomic E-state index is 10.6. The summed E-state index contributed by atoms with van der Waals surface area (Å²) in [4.78, 5) is 31.7. The Morgan fingerprint density at radius 2 is 1.30 bits per heavy atom. The number of rotatable bonds is 8. The summed E-state index contributed by atoms with van der Waals surface area (Å²) in [6.07, 6.45) is -0.344. The van der Waals surface area contributed by atoms with Crippen molar-refractivity contribution in [3.63, 3.8) is 0 Å². The van der Waals surface area contributed by atoms with Crippen LogP contribution in [0.4, 0.5) is 0 Å². The average Bonchev–Trinajstić information content (AvgIpc) is 2.10. The van der Waals surface area contributed by atoms with Crippen molar-refractivity contribution in [1.29, 1.82) is 0 Å². The SMILES string of the molecule is N.O=C([O-])CN(CC(=O)[O-])C(CCO)C(=O)[O-].[Na+].[Na+].[Na+]. The first-order valence-corrected chi connectivity index (χ1v) is 4.34. The second kappa shape index (κ2) is 18.3. The minimum Gasteiger partial charge on any atom is -0.549 e. The van der Waals surface area contributed by atoms with Crippen LogP contribution in [0.2, 0.25) is 0 Å². The number of aliphatic hydroxyl groups excluding tert-OH is 1. The number of hydrogen-bond acceptors (Lipinski definition) is 9. The molecule has 0 spiro atoms. The van der Waals surface area contributed by atoms with Crippen LogP contribution in [0.3, 0.4) is 0 Å². The van der Waals surface area contributed by atoms with Gasteiger partial charge in [-0.1, -0.05) is 0 Å². The number of carbonyl (C=O) groups excluding carboxylic acids is 3. The van der Waals surface area contributed by atoms with Gasteiger partial charge in [-0.25, -0.2) is 0 Å². The molecule has 1 atom stereocenters. The first-order valence-electron chi connectivity index (χ1n) is 4.34. The van der Waals surface area contributed by atoms with Crippen LogP contribution in [0.1, 0.15) is 6.42 Å². The molecule has 9 nitrogen and oxygen atoms in total. The topological polar surface area (TPSA) is 179 Å². The molecule has 20 heavy (non-hydrogen) atoms. The van der Waals surface area contributed by atoms with Crippen molar-refractivity contribution in [3.8, 4) is 0 Å². The summed E-state index contributed by atoms with van der Waals surface area (Å²) in [5.74, 6) is -4.94. The summed E-state index contributed by atoms with van der Waals surface area (Å²) < 4.78 is 0. The molecule has 0 bridgehead atoms. The van der Waals surface area contributed by atoms with Crippen molar-refractivity contribution in [2.24, 2.45) is 0 Å². The second-order valence-corrected chi connectivity index (χ2v) is 3.00. The van der Waals surface area contributed by atoms with Gasteiger partial charge in [-0.2, -0.15) is 0 Å². The van der Waals surface area contributed by atoms with Crippen LogP contribution < -0.4 is 110 Å². The number of hydrogen-bond donors (Lipinski definition) is 2. The Hall–Kier alpha value is 1.29. The largest absolute Gasteiger partial charge is 1.00 e. The molecule has 0 aromatic carbocycles. The van der Waals surface area contributed by atoms with E-state index in [1.165, 1.54) is 0 Å². The third-order valence-corrected chi connectivity index (χ3v) is 1.78. The molecule has 0 fully saturated rings. The zero-order valence-electron chi connectivity index (χ0n) is 12.0. The van der Waals surface area contributed by atoms with Crippen LogP contribution in [-0.2, 0) is 14.4 Å². The molecule has 0 aliphatic rings. The molecule has 100 valence electrons. The fourth-order valence-electron chi connectivity index (χ4n) is 1.18. The first kappa shape index (κ1) is 33.0. The predicted octanol–water partition coefficient (Wildman–Crippen LogP) is -14.5. The molecular formula is C8H13N2Na3O7. The van der Waals surface area contributed by atoms with E-state index in [0.717, 1.165) is 0 Å². The summed E-state index contributed by atoms with van der Waals surface area (Å²) in [7, 11) is 0. The van der Waals surface area contributed by atoms with Gasteiger partial charge in [0.05, 0.1) is 23.9 Å². The van der Waals surface area contributed by atoms with Crippen LogP contribution in [-0.4, -0.2) is 53.7 Å². The van der Waals surface area contributed by atoms with E-state index < -0.39 is 43.6 Å². The summed E-state index contributed by atoms with van der Waals surface area (Å²) in [5.41, 5.74) is 0. The third kappa shape index (κ3) is 15.7. The molecule has 0 rings (SSSR count). The van der Waals surface area contributed by atoms with Crippen LogP contribution >= 0.6 is 0 Å². The van der Waals surface area contributed by atoms with Crippen molar-refractivity contribution < 1.29 is 123 Å². The zero-order valence-corrected chi connectivity index (χ0v) is 18.0. The molecule has 0 aromatic heterocycles. The number of carboxylic acid groups (broad SMARTS) is 3. The minimum atomic E-state index is -1.67. The van der Waals surface area contributed by atoms with Crippen molar-refractivity contribution in [2.45, 2.75) is 12.5 Å². The molecule has 0 aliphatic heterocycles. The quantitative estimate of drug-likeness (QED) is 0.411. The number of aliphatic hydroxyl groups is 1. The van der Waals surface area contributed by atoms with Gasteiger partial charge >= 0.3 is 88.7 Å². The second-order valence-electron chi connectivity index (χ2n) is 3.00. The summed E-state index contributed by atoms with van der Waals surface area (Å²) in [5, 5.41) is 39.7. The average molecular weight is 318 g/mol.